The zero-order valence-corrected chi connectivity index (χ0v) is 23.9. The van der Waals surface area contributed by atoms with Gasteiger partial charge in [-0.1, -0.05) is 42.5 Å². The number of anilines is 2. The number of aromatic nitrogens is 2. The minimum atomic E-state index is -0.480. The number of aromatic amines is 1. The molecule has 0 aliphatic carbocycles. The maximum absolute atomic E-state index is 13.5. The smallest absolute Gasteiger partial charge is 0.272 e. The maximum Gasteiger partial charge on any atom is 0.272 e. The number of nitrogens with one attached hydrogen (secondary N) is 4. The number of fused-ring (bicyclic) bond motifs is 1. The fourth-order valence-electron chi connectivity index (χ4n) is 4.03. The molecule has 0 aliphatic rings. The first-order valence-electron chi connectivity index (χ1n) is 12.8. The number of amides is 3. The lowest BCUT2D eigenvalue weighted by Crippen LogP contribution is -2.30. The Bertz CT molecular complexity index is 1740. The Balaban J connectivity index is 1.34. The molecule has 41 heavy (non-hydrogen) atoms. The lowest BCUT2D eigenvalue weighted by atomic mass is 10.1. The Kier molecular flexibility index (Phi) is 8.61. The molecule has 2 aromatic heterocycles. The van der Waals surface area contributed by atoms with E-state index in [2.05, 4.69) is 25.9 Å². The molecule has 5 rings (SSSR count). The normalized spacial score (nSPS) is 12.1. The van der Waals surface area contributed by atoms with Gasteiger partial charge in [0.2, 0.25) is 5.91 Å². The number of benzene rings is 3. The van der Waals surface area contributed by atoms with Gasteiger partial charge in [-0.3, -0.25) is 14.4 Å². The minimum Gasteiger partial charge on any atom is -0.361 e. The van der Waals surface area contributed by atoms with E-state index < -0.39 is 17.1 Å². The number of hydrogen-bond acceptors (Lipinski definition) is 6. The number of thiazole rings is 1. The van der Waals surface area contributed by atoms with Gasteiger partial charge in [-0.25, -0.2) is 4.98 Å². The first kappa shape index (κ1) is 27.9. The van der Waals surface area contributed by atoms with Crippen molar-refractivity contribution < 1.29 is 14.4 Å². The second-order valence-corrected chi connectivity index (χ2v) is 11.5. The van der Waals surface area contributed by atoms with Gasteiger partial charge < -0.3 is 20.9 Å². The summed E-state index contributed by atoms with van der Waals surface area (Å²) in [4.78, 5) is 47.4. The molecule has 10 heteroatoms. The highest BCUT2D eigenvalue weighted by atomic mass is 32.2. The summed E-state index contributed by atoms with van der Waals surface area (Å²) in [6, 6.07) is 23.7. The molecule has 0 aliphatic heterocycles. The van der Waals surface area contributed by atoms with Crippen molar-refractivity contribution in [2.75, 3.05) is 10.6 Å². The van der Waals surface area contributed by atoms with E-state index in [9.17, 15) is 14.4 Å². The van der Waals surface area contributed by atoms with Crippen LogP contribution in [0.5, 0.6) is 0 Å². The number of thioether (sulfide) groups is 1. The summed E-state index contributed by atoms with van der Waals surface area (Å²) < 4.78 is 0. The second kappa shape index (κ2) is 12.7. The summed E-state index contributed by atoms with van der Waals surface area (Å²) in [5.74, 6) is -1.04. The number of para-hydroxylation sites is 1. The van der Waals surface area contributed by atoms with E-state index in [0.29, 0.717) is 16.4 Å². The molecule has 4 N–H and O–H groups in total. The first-order valence-corrected chi connectivity index (χ1v) is 14.6. The van der Waals surface area contributed by atoms with E-state index in [-0.39, 0.29) is 11.6 Å². The first-order chi connectivity index (χ1) is 19.9. The molecule has 1 unspecified atom stereocenters. The van der Waals surface area contributed by atoms with Crippen LogP contribution in [0.15, 0.2) is 101 Å². The van der Waals surface area contributed by atoms with E-state index >= 15 is 0 Å². The third kappa shape index (κ3) is 7.10. The average molecular weight is 582 g/mol. The molecule has 0 fully saturated rings. The number of carbonyl (C=O) groups excluding carboxylic acids is 3. The summed E-state index contributed by atoms with van der Waals surface area (Å²) in [6.07, 6.45) is 3.45. The van der Waals surface area contributed by atoms with E-state index in [1.165, 1.54) is 23.1 Å². The summed E-state index contributed by atoms with van der Waals surface area (Å²) in [5.41, 5.74) is 3.59. The Morgan fingerprint density at radius 2 is 1.76 bits per heavy atom. The van der Waals surface area contributed by atoms with Crippen molar-refractivity contribution in [1.82, 2.24) is 15.3 Å². The number of rotatable bonds is 9. The quantitative estimate of drug-likeness (QED) is 0.118. The third-order valence-electron chi connectivity index (χ3n) is 6.07. The largest absolute Gasteiger partial charge is 0.361 e. The molecule has 0 bridgehead atoms. The number of aryl methyl sites for hydroxylation is 1. The molecular weight excluding hydrogens is 555 g/mol. The van der Waals surface area contributed by atoms with E-state index in [1.54, 1.807) is 54.7 Å². The highest BCUT2D eigenvalue weighted by molar-refractivity contribution is 8.00. The predicted octanol–water partition coefficient (Wildman–Crippen LogP) is 6.46. The van der Waals surface area contributed by atoms with Gasteiger partial charge in [0.15, 0.2) is 5.13 Å². The van der Waals surface area contributed by atoms with Gasteiger partial charge >= 0.3 is 0 Å². The molecular formula is C31H27N5O3S2. The van der Waals surface area contributed by atoms with Gasteiger partial charge in [0, 0.05) is 44.2 Å². The molecule has 206 valence electrons. The fourth-order valence-corrected chi connectivity index (χ4v) is 5.65. The summed E-state index contributed by atoms with van der Waals surface area (Å²) in [5, 5.41) is 11.5. The average Bonchev–Trinajstić information content (AvgIpc) is 3.58. The molecule has 3 amide bonds. The lowest BCUT2D eigenvalue weighted by Gasteiger charge is -2.13. The standard InChI is InChI=1S/C31H27N5O3S2/c1-19-18-40-31(33-19)36-28(37)20(2)41-24-12-8-11-23(16-24)34-30(39)27(35-29(38)21-9-4-3-5-10-21)15-22-17-32-26-14-7-6-13-25(22)26/h3-18,20,32H,1-2H3,(H,34,39)(H,35,38)(H,33,36,37)/b27-15-. The number of nitrogens with zero attached hydrogens (tertiary/aromatic N) is 1. The molecule has 3 aromatic carbocycles. The Labute approximate surface area is 245 Å². The zero-order valence-electron chi connectivity index (χ0n) is 22.3. The second-order valence-electron chi connectivity index (χ2n) is 9.19. The van der Waals surface area contributed by atoms with Gasteiger partial charge in [0.05, 0.1) is 10.9 Å². The summed E-state index contributed by atoms with van der Waals surface area (Å²) in [7, 11) is 0. The molecule has 8 nitrogen and oxygen atoms in total. The molecule has 0 spiro atoms. The molecule has 2 heterocycles. The van der Waals surface area contributed by atoms with Crippen LogP contribution >= 0.6 is 23.1 Å². The Morgan fingerprint density at radius 1 is 0.976 bits per heavy atom. The molecule has 0 saturated heterocycles. The summed E-state index contributed by atoms with van der Waals surface area (Å²) >= 11 is 2.75. The van der Waals surface area contributed by atoms with Crippen molar-refractivity contribution in [3.8, 4) is 0 Å². The Hall–Kier alpha value is -4.67. The predicted molar refractivity (Wildman–Crippen MR) is 166 cm³/mol. The van der Waals surface area contributed by atoms with E-state index in [1.807, 2.05) is 55.6 Å². The molecule has 0 saturated carbocycles. The van der Waals surface area contributed by atoms with Gasteiger partial charge in [0.1, 0.15) is 5.70 Å². The number of H-pyrrole nitrogens is 1. The Morgan fingerprint density at radius 3 is 2.54 bits per heavy atom. The van der Waals surface area contributed by atoms with Crippen LogP contribution in [-0.4, -0.2) is 32.9 Å². The third-order valence-corrected chi connectivity index (χ3v) is 8.04. The summed E-state index contributed by atoms with van der Waals surface area (Å²) in [6.45, 7) is 3.69. The van der Waals surface area contributed by atoms with E-state index in [0.717, 1.165) is 27.1 Å². The van der Waals surface area contributed by atoms with Crippen molar-refractivity contribution in [2.24, 2.45) is 0 Å². The minimum absolute atomic E-state index is 0.0909. The fraction of sp³-hybridized carbons (Fsp3) is 0.0968. The molecule has 1 atom stereocenters. The highest BCUT2D eigenvalue weighted by Gasteiger charge is 2.18. The van der Waals surface area contributed by atoms with Crippen LogP contribution in [0.4, 0.5) is 10.8 Å². The lowest BCUT2D eigenvalue weighted by molar-refractivity contribution is -0.115. The van der Waals surface area contributed by atoms with Crippen LogP contribution in [0.25, 0.3) is 17.0 Å². The van der Waals surface area contributed by atoms with Crippen molar-refractivity contribution in [1.29, 1.82) is 0 Å². The molecule has 5 aromatic rings. The van der Waals surface area contributed by atoms with Gasteiger partial charge in [-0.05, 0) is 56.3 Å². The number of hydrogen-bond donors (Lipinski definition) is 4. The van der Waals surface area contributed by atoms with Crippen molar-refractivity contribution in [3.63, 3.8) is 0 Å². The maximum atomic E-state index is 13.5. The topological polar surface area (TPSA) is 116 Å². The monoisotopic (exact) mass is 581 g/mol. The van der Waals surface area contributed by atoms with Gasteiger partial charge in [-0.2, -0.15) is 0 Å². The van der Waals surface area contributed by atoms with Gasteiger partial charge in [-0.15, -0.1) is 23.1 Å². The number of carbonyl (C=O) groups is 3. The SMILES string of the molecule is Cc1csc(NC(=O)C(C)Sc2cccc(NC(=O)/C(=C/c3c[nH]c4ccccc34)NC(=O)c3ccccc3)c2)n1. The highest BCUT2D eigenvalue weighted by Crippen LogP contribution is 2.27. The van der Waals surface area contributed by atoms with Crippen LogP contribution < -0.4 is 16.0 Å². The van der Waals surface area contributed by atoms with E-state index in [4.69, 9.17) is 0 Å². The van der Waals surface area contributed by atoms with Crippen LogP contribution in [0, 0.1) is 6.92 Å². The van der Waals surface area contributed by atoms with Crippen LogP contribution in [-0.2, 0) is 9.59 Å². The van der Waals surface area contributed by atoms with Crippen molar-refractivity contribution in [2.45, 2.75) is 24.0 Å². The zero-order chi connectivity index (χ0) is 28.8. The van der Waals surface area contributed by atoms with Crippen LogP contribution in [0.2, 0.25) is 0 Å². The van der Waals surface area contributed by atoms with Crippen molar-refractivity contribution >= 4 is 68.6 Å². The van der Waals surface area contributed by atoms with Crippen LogP contribution in [0.3, 0.4) is 0 Å². The molecule has 0 radical (unpaired) electrons. The van der Waals surface area contributed by atoms with Crippen LogP contribution in [0.1, 0.15) is 28.5 Å². The van der Waals surface area contributed by atoms with Crippen molar-refractivity contribution in [3.05, 3.63) is 113 Å². The van der Waals surface area contributed by atoms with Gasteiger partial charge in [0.25, 0.3) is 11.8 Å².